The molecule has 1 fully saturated rings. The van der Waals surface area contributed by atoms with E-state index in [1.807, 2.05) is 6.07 Å². The summed E-state index contributed by atoms with van der Waals surface area (Å²) in [5, 5.41) is 8.95. The number of aliphatic hydroxyl groups excluding tert-OH is 1. The van der Waals surface area contributed by atoms with Crippen LogP contribution in [0.3, 0.4) is 0 Å². The fourth-order valence-corrected chi connectivity index (χ4v) is 2.85. The number of nitrogens with zero attached hydrogens (tertiary/aromatic N) is 1. The Bertz CT molecular complexity index is 279. The zero-order chi connectivity index (χ0) is 9.80. The van der Waals surface area contributed by atoms with Gasteiger partial charge in [-0.15, -0.1) is 11.3 Å². The van der Waals surface area contributed by atoms with Crippen molar-refractivity contribution in [3.8, 4) is 0 Å². The summed E-state index contributed by atoms with van der Waals surface area (Å²) < 4.78 is 0. The molecule has 0 amide bonds. The van der Waals surface area contributed by atoms with Crippen LogP contribution in [0.5, 0.6) is 0 Å². The molecule has 1 aromatic heterocycles. The van der Waals surface area contributed by atoms with Crippen LogP contribution in [-0.4, -0.2) is 23.1 Å². The second kappa shape index (κ2) is 4.91. The van der Waals surface area contributed by atoms with E-state index in [0.717, 1.165) is 11.4 Å². The van der Waals surface area contributed by atoms with Crippen molar-refractivity contribution in [2.45, 2.75) is 32.4 Å². The predicted octanol–water partition coefficient (Wildman–Crippen LogP) is 2.23. The number of thiophene rings is 1. The van der Waals surface area contributed by atoms with E-state index >= 15 is 0 Å². The van der Waals surface area contributed by atoms with E-state index in [4.69, 9.17) is 5.11 Å². The van der Waals surface area contributed by atoms with Crippen molar-refractivity contribution in [3.05, 3.63) is 21.9 Å². The first-order chi connectivity index (χ1) is 6.88. The molecule has 1 aromatic rings. The Labute approximate surface area is 89.2 Å². The predicted molar refractivity (Wildman–Crippen MR) is 59.4 cm³/mol. The van der Waals surface area contributed by atoms with E-state index in [2.05, 4.69) is 11.0 Å². The third-order valence-electron chi connectivity index (χ3n) is 2.70. The molecule has 3 heteroatoms. The first kappa shape index (κ1) is 10.1. The molecule has 0 unspecified atom stereocenters. The van der Waals surface area contributed by atoms with Crippen LogP contribution in [0.15, 0.2) is 12.1 Å². The first-order valence-electron chi connectivity index (χ1n) is 5.29. The van der Waals surface area contributed by atoms with Crippen LogP contribution in [0.4, 0.5) is 0 Å². The van der Waals surface area contributed by atoms with Crippen LogP contribution < -0.4 is 0 Å². The Hall–Kier alpha value is -0.380. The van der Waals surface area contributed by atoms with Gasteiger partial charge in [0.2, 0.25) is 0 Å². The lowest BCUT2D eigenvalue weighted by molar-refractivity contribution is 0.222. The minimum absolute atomic E-state index is 0.185. The number of hydrogen-bond acceptors (Lipinski definition) is 3. The number of likely N-dealkylation sites (tertiary alicyclic amines) is 1. The fourth-order valence-electron chi connectivity index (χ4n) is 1.93. The van der Waals surface area contributed by atoms with E-state index in [9.17, 15) is 0 Å². The van der Waals surface area contributed by atoms with Crippen molar-refractivity contribution in [2.24, 2.45) is 0 Å². The Morgan fingerprint density at radius 1 is 1.14 bits per heavy atom. The summed E-state index contributed by atoms with van der Waals surface area (Å²) in [5.74, 6) is 0. The van der Waals surface area contributed by atoms with Gasteiger partial charge in [0.15, 0.2) is 0 Å². The molecule has 0 atom stereocenters. The Morgan fingerprint density at radius 3 is 2.50 bits per heavy atom. The van der Waals surface area contributed by atoms with Crippen LogP contribution in [-0.2, 0) is 13.2 Å². The topological polar surface area (TPSA) is 23.5 Å². The highest BCUT2D eigenvalue weighted by molar-refractivity contribution is 7.11. The molecule has 0 radical (unpaired) electrons. The summed E-state index contributed by atoms with van der Waals surface area (Å²) >= 11 is 1.73. The van der Waals surface area contributed by atoms with Gasteiger partial charge in [0.05, 0.1) is 6.61 Å². The molecule has 1 aliphatic rings. The third-order valence-corrected chi connectivity index (χ3v) is 3.76. The number of rotatable bonds is 3. The molecule has 1 saturated heterocycles. The highest BCUT2D eigenvalue weighted by atomic mass is 32.1. The van der Waals surface area contributed by atoms with E-state index < -0.39 is 0 Å². The van der Waals surface area contributed by atoms with E-state index in [1.165, 1.54) is 37.2 Å². The molecule has 1 aliphatic heterocycles. The molecule has 0 spiro atoms. The quantitative estimate of drug-likeness (QED) is 0.828. The van der Waals surface area contributed by atoms with Gasteiger partial charge in [-0.1, -0.05) is 6.42 Å². The van der Waals surface area contributed by atoms with Crippen molar-refractivity contribution in [1.82, 2.24) is 4.90 Å². The van der Waals surface area contributed by atoms with Crippen molar-refractivity contribution in [1.29, 1.82) is 0 Å². The highest BCUT2D eigenvalue weighted by Gasteiger charge is 2.11. The molecule has 0 aromatic carbocycles. The van der Waals surface area contributed by atoms with Gasteiger partial charge in [0, 0.05) is 16.3 Å². The molecular weight excluding hydrogens is 194 g/mol. The lowest BCUT2D eigenvalue weighted by Gasteiger charge is -2.25. The summed E-state index contributed by atoms with van der Waals surface area (Å²) in [6, 6.07) is 4.18. The second-order valence-corrected chi connectivity index (χ2v) is 5.12. The summed E-state index contributed by atoms with van der Waals surface area (Å²) in [4.78, 5) is 4.98. The van der Waals surface area contributed by atoms with Gasteiger partial charge in [-0.2, -0.15) is 0 Å². The molecule has 0 aliphatic carbocycles. The van der Waals surface area contributed by atoms with Crippen LogP contribution in [0, 0.1) is 0 Å². The van der Waals surface area contributed by atoms with Gasteiger partial charge in [-0.05, 0) is 38.1 Å². The molecule has 2 heterocycles. The van der Waals surface area contributed by atoms with E-state index in [1.54, 1.807) is 11.3 Å². The van der Waals surface area contributed by atoms with Crippen LogP contribution >= 0.6 is 11.3 Å². The second-order valence-electron chi connectivity index (χ2n) is 3.86. The maximum absolute atomic E-state index is 8.95. The third kappa shape index (κ3) is 2.56. The average molecular weight is 211 g/mol. The standard InChI is InChI=1S/C11H17NOS/c13-9-11-5-4-10(14-11)8-12-6-2-1-3-7-12/h4-5,13H,1-3,6-9H2. The van der Waals surface area contributed by atoms with Gasteiger partial charge in [-0.3, -0.25) is 4.90 Å². The Kier molecular flexibility index (Phi) is 3.56. The highest BCUT2D eigenvalue weighted by Crippen LogP contribution is 2.20. The molecule has 2 nitrogen and oxygen atoms in total. The van der Waals surface area contributed by atoms with Crippen molar-refractivity contribution in [2.75, 3.05) is 13.1 Å². The van der Waals surface area contributed by atoms with Crippen molar-refractivity contribution < 1.29 is 5.11 Å². The van der Waals surface area contributed by atoms with Crippen molar-refractivity contribution in [3.63, 3.8) is 0 Å². The minimum Gasteiger partial charge on any atom is -0.391 e. The lowest BCUT2D eigenvalue weighted by atomic mass is 10.1. The van der Waals surface area contributed by atoms with Crippen molar-refractivity contribution >= 4 is 11.3 Å². The molecule has 1 N–H and O–H groups in total. The fraction of sp³-hybridized carbons (Fsp3) is 0.636. The SMILES string of the molecule is OCc1ccc(CN2CCCCC2)s1. The Morgan fingerprint density at radius 2 is 1.86 bits per heavy atom. The van der Waals surface area contributed by atoms with Gasteiger partial charge >= 0.3 is 0 Å². The number of aliphatic hydroxyl groups is 1. The minimum atomic E-state index is 0.185. The number of piperidine rings is 1. The lowest BCUT2D eigenvalue weighted by Crippen LogP contribution is -2.28. The van der Waals surface area contributed by atoms with Crippen LogP contribution in [0.25, 0.3) is 0 Å². The Balaban J connectivity index is 1.89. The maximum atomic E-state index is 8.95. The van der Waals surface area contributed by atoms with Gasteiger partial charge < -0.3 is 5.11 Å². The zero-order valence-corrected chi connectivity index (χ0v) is 9.22. The first-order valence-corrected chi connectivity index (χ1v) is 6.11. The van der Waals surface area contributed by atoms with Gasteiger partial charge in [0.25, 0.3) is 0 Å². The van der Waals surface area contributed by atoms with Crippen LogP contribution in [0.2, 0.25) is 0 Å². The molecule has 0 saturated carbocycles. The summed E-state index contributed by atoms with van der Waals surface area (Å²) in [6.07, 6.45) is 4.08. The largest absolute Gasteiger partial charge is 0.391 e. The molecule has 2 rings (SSSR count). The normalized spacial score (nSPS) is 18.6. The monoisotopic (exact) mass is 211 g/mol. The average Bonchev–Trinajstić information content (AvgIpc) is 2.67. The van der Waals surface area contributed by atoms with Gasteiger partial charge in [-0.25, -0.2) is 0 Å². The van der Waals surface area contributed by atoms with E-state index in [0.29, 0.717) is 0 Å². The molecule has 14 heavy (non-hydrogen) atoms. The van der Waals surface area contributed by atoms with Crippen LogP contribution in [0.1, 0.15) is 29.0 Å². The summed E-state index contributed by atoms with van der Waals surface area (Å²) in [7, 11) is 0. The summed E-state index contributed by atoms with van der Waals surface area (Å²) in [6.45, 7) is 3.74. The summed E-state index contributed by atoms with van der Waals surface area (Å²) in [5.41, 5.74) is 0. The zero-order valence-electron chi connectivity index (χ0n) is 8.41. The molecule has 0 bridgehead atoms. The van der Waals surface area contributed by atoms with Gasteiger partial charge in [0.1, 0.15) is 0 Å². The molecular formula is C11H17NOS. The number of hydrogen-bond donors (Lipinski definition) is 1. The van der Waals surface area contributed by atoms with E-state index in [-0.39, 0.29) is 6.61 Å². The molecule has 78 valence electrons. The maximum Gasteiger partial charge on any atom is 0.0774 e. The smallest absolute Gasteiger partial charge is 0.0774 e.